The Morgan fingerprint density at radius 1 is 0.682 bits per heavy atom. The molecule has 2 aromatic rings. The molecule has 114 valence electrons. The molecule has 0 radical (unpaired) electrons. The number of benzene rings is 2. The Labute approximate surface area is 127 Å². The molecule has 6 heteroatoms. The number of hydrogen-bond donors (Lipinski definition) is 2. The molecule has 0 saturated heterocycles. The summed E-state index contributed by atoms with van der Waals surface area (Å²) < 4.78 is 0. The number of hydroxylamine groups is 4. The van der Waals surface area contributed by atoms with Crippen LogP contribution in [0.2, 0.25) is 0 Å². The third-order valence-electron chi connectivity index (χ3n) is 3.03. The van der Waals surface area contributed by atoms with Crippen LogP contribution in [0.3, 0.4) is 0 Å². The summed E-state index contributed by atoms with van der Waals surface area (Å²) in [5.41, 5.74) is 0.646. The lowest BCUT2D eigenvalue weighted by Crippen LogP contribution is -2.38. The maximum absolute atomic E-state index is 11.9. The molecule has 0 aliphatic rings. The molecule has 2 rings (SSSR count). The lowest BCUT2D eigenvalue weighted by molar-refractivity contribution is -0.0968. The van der Waals surface area contributed by atoms with E-state index in [-0.39, 0.29) is 13.1 Å². The predicted octanol–water partition coefficient (Wildman–Crippen LogP) is 2.05. The van der Waals surface area contributed by atoms with Gasteiger partial charge in [-0.3, -0.25) is 20.0 Å². The summed E-state index contributed by atoms with van der Waals surface area (Å²) >= 11 is 0. The van der Waals surface area contributed by atoms with Gasteiger partial charge < -0.3 is 0 Å². The molecular weight excluding hydrogens is 284 g/mol. The zero-order valence-corrected chi connectivity index (χ0v) is 11.8. The van der Waals surface area contributed by atoms with Crippen molar-refractivity contribution in [3.05, 3.63) is 71.8 Å². The first-order valence-electron chi connectivity index (χ1n) is 6.71. The van der Waals surface area contributed by atoms with Crippen LogP contribution < -0.4 is 0 Å². The van der Waals surface area contributed by atoms with Crippen molar-refractivity contribution >= 4 is 11.8 Å². The van der Waals surface area contributed by atoms with Gasteiger partial charge in [0.1, 0.15) is 0 Å². The molecule has 0 aromatic heterocycles. The SMILES string of the molecule is O=C(c1ccccc1)N(O)CCN(O)C(=O)c1ccccc1. The van der Waals surface area contributed by atoms with Gasteiger partial charge in [-0.2, -0.15) is 0 Å². The van der Waals surface area contributed by atoms with Gasteiger partial charge in [0.15, 0.2) is 0 Å². The van der Waals surface area contributed by atoms with E-state index >= 15 is 0 Å². The molecule has 0 unspecified atom stereocenters. The molecule has 6 nitrogen and oxygen atoms in total. The molecule has 0 fully saturated rings. The van der Waals surface area contributed by atoms with Crippen molar-refractivity contribution in [2.24, 2.45) is 0 Å². The Hall–Kier alpha value is -2.70. The van der Waals surface area contributed by atoms with E-state index in [1.54, 1.807) is 60.7 Å². The Morgan fingerprint density at radius 3 is 1.32 bits per heavy atom. The van der Waals surface area contributed by atoms with E-state index in [1.807, 2.05) is 0 Å². The molecule has 0 heterocycles. The van der Waals surface area contributed by atoms with E-state index in [9.17, 15) is 20.0 Å². The molecule has 0 spiro atoms. The molecule has 0 aliphatic carbocycles. The fourth-order valence-electron chi connectivity index (χ4n) is 1.85. The summed E-state index contributed by atoms with van der Waals surface area (Å²) in [6.45, 7) is -0.411. The second-order valence-electron chi connectivity index (χ2n) is 4.59. The maximum Gasteiger partial charge on any atom is 0.277 e. The van der Waals surface area contributed by atoms with Crippen molar-refractivity contribution in [3.63, 3.8) is 0 Å². The third-order valence-corrected chi connectivity index (χ3v) is 3.03. The van der Waals surface area contributed by atoms with E-state index in [1.165, 1.54) is 0 Å². The Balaban J connectivity index is 1.89. The van der Waals surface area contributed by atoms with E-state index in [0.29, 0.717) is 21.3 Å². The standard InChI is InChI=1S/C16H16N2O4/c19-15(13-7-3-1-4-8-13)17(21)11-12-18(22)16(20)14-9-5-2-6-10-14/h1-10,21-22H,11-12H2. The fraction of sp³-hybridized carbons (Fsp3) is 0.125. The smallest absolute Gasteiger partial charge is 0.277 e. The van der Waals surface area contributed by atoms with Gasteiger partial charge in [0, 0.05) is 11.1 Å². The van der Waals surface area contributed by atoms with Gasteiger partial charge in [0.2, 0.25) is 0 Å². The minimum Gasteiger partial charge on any atom is -0.286 e. The van der Waals surface area contributed by atoms with Crippen molar-refractivity contribution < 1.29 is 20.0 Å². The van der Waals surface area contributed by atoms with Gasteiger partial charge in [0.05, 0.1) is 13.1 Å². The average molecular weight is 300 g/mol. The predicted molar refractivity (Wildman–Crippen MR) is 78.5 cm³/mol. The molecule has 2 amide bonds. The summed E-state index contributed by atoms with van der Waals surface area (Å²) in [5, 5.41) is 20.4. The highest BCUT2D eigenvalue weighted by Crippen LogP contribution is 2.05. The van der Waals surface area contributed by atoms with Gasteiger partial charge in [-0.25, -0.2) is 10.1 Å². The van der Waals surface area contributed by atoms with Crippen molar-refractivity contribution in [1.29, 1.82) is 0 Å². The summed E-state index contributed by atoms with van der Waals surface area (Å²) in [5.74, 6) is -1.19. The second-order valence-corrected chi connectivity index (χ2v) is 4.59. The van der Waals surface area contributed by atoms with Crippen LogP contribution in [0.4, 0.5) is 0 Å². The molecule has 0 saturated carbocycles. The van der Waals surface area contributed by atoms with Gasteiger partial charge >= 0.3 is 0 Å². The quantitative estimate of drug-likeness (QED) is 0.654. The third kappa shape index (κ3) is 3.91. The van der Waals surface area contributed by atoms with E-state index in [4.69, 9.17) is 0 Å². The highest BCUT2D eigenvalue weighted by molar-refractivity contribution is 5.94. The average Bonchev–Trinajstić information content (AvgIpc) is 2.59. The van der Waals surface area contributed by atoms with E-state index < -0.39 is 11.8 Å². The van der Waals surface area contributed by atoms with Crippen molar-refractivity contribution in [1.82, 2.24) is 10.1 Å². The fourth-order valence-corrected chi connectivity index (χ4v) is 1.85. The summed E-state index contributed by atoms with van der Waals surface area (Å²) in [6.07, 6.45) is 0. The second kappa shape index (κ2) is 7.35. The first kappa shape index (κ1) is 15.7. The topological polar surface area (TPSA) is 81.1 Å². The van der Waals surface area contributed by atoms with E-state index in [2.05, 4.69) is 0 Å². The summed E-state index contributed by atoms with van der Waals surface area (Å²) in [4.78, 5) is 23.8. The zero-order valence-electron chi connectivity index (χ0n) is 11.8. The van der Waals surface area contributed by atoms with Gasteiger partial charge in [-0.05, 0) is 24.3 Å². The Bertz CT molecular complexity index is 574. The number of nitrogens with zero attached hydrogens (tertiary/aromatic N) is 2. The zero-order chi connectivity index (χ0) is 15.9. The van der Waals surface area contributed by atoms with Crippen LogP contribution in [-0.2, 0) is 0 Å². The Kier molecular flexibility index (Phi) is 5.24. The first-order valence-corrected chi connectivity index (χ1v) is 6.71. The van der Waals surface area contributed by atoms with Crippen LogP contribution in [0.5, 0.6) is 0 Å². The van der Waals surface area contributed by atoms with Crippen LogP contribution in [0.15, 0.2) is 60.7 Å². The minimum absolute atomic E-state index is 0.206. The highest BCUT2D eigenvalue weighted by atomic mass is 16.5. The van der Waals surface area contributed by atoms with Crippen molar-refractivity contribution in [2.45, 2.75) is 0 Å². The van der Waals surface area contributed by atoms with Crippen molar-refractivity contribution in [2.75, 3.05) is 13.1 Å². The number of hydrogen-bond acceptors (Lipinski definition) is 4. The molecule has 2 N–H and O–H groups in total. The molecule has 0 atom stereocenters. The molecule has 2 aromatic carbocycles. The summed E-state index contributed by atoms with van der Waals surface area (Å²) in [6, 6.07) is 16.5. The number of rotatable bonds is 5. The van der Waals surface area contributed by atoms with Gasteiger partial charge in [0.25, 0.3) is 11.8 Å². The number of carbonyl (C=O) groups is 2. The molecule has 0 bridgehead atoms. The van der Waals surface area contributed by atoms with Crippen LogP contribution in [0.25, 0.3) is 0 Å². The molecule has 22 heavy (non-hydrogen) atoms. The van der Waals surface area contributed by atoms with Gasteiger partial charge in [-0.15, -0.1) is 0 Å². The van der Waals surface area contributed by atoms with Crippen LogP contribution in [-0.4, -0.2) is 45.4 Å². The van der Waals surface area contributed by atoms with E-state index in [0.717, 1.165) is 0 Å². The maximum atomic E-state index is 11.9. The minimum atomic E-state index is -0.596. The highest BCUT2D eigenvalue weighted by Gasteiger charge is 2.17. The monoisotopic (exact) mass is 300 g/mol. The number of amides is 2. The van der Waals surface area contributed by atoms with Crippen molar-refractivity contribution in [3.8, 4) is 0 Å². The van der Waals surface area contributed by atoms with Gasteiger partial charge in [-0.1, -0.05) is 36.4 Å². The molecule has 0 aliphatic heterocycles. The van der Waals surface area contributed by atoms with Crippen LogP contribution in [0.1, 0.15) is 20.7 Å². The lowest BCUT2D eigenvalue weighted by Gasteiger charge is -2.19. The van der Waals surface area contributed by atoms with Crippen LogP contribution >= 0.6 is 0 Å². The molecular formula is C16H16N2O4. The van der Waals surface area contributed by atoms with Crippen LogP contribution in [0, 0.1) is 0 Å². The lowest BCUT2D eigenvalue weighted by atomic mass is 10.2. The normalized spacial score (nSPS) is 10.1. The summed E-state index contributed by atoms with van der Waals surface area (Å²) in [7, 11) is 0. The number of carbonyl (C=O) groups excluding carboxylic acids is 2. The largest absolute Gasteiger partial charge is 0.286 e. The first-order chi connectivity index (χ1) is 10.6. The Morgan fingerprint density at radius 2 is 1.00 bits per heavy atom.